The molecule has 1 saturated heterocycles. The number of piperazine rings is 1. The fourth-order valence-corrected chi connectivity index (χ4v) is 2.34. The molecule has 0 spiro atoms. The smallest absolute Gasteiger partial charge is 0.251 e. The van der Waals surface area contributed by atoms with Crippen molar-refractivity contribution in [3.05, 3.63) is 0 Å². The average Bonchev–Trinajstić information content (AvgIpc) is 2.34. The molecule has 98 valence electrons. The normalized spacial score (nSPS) is 23.0. The summed E-state index contributed by atoms with van der Waals surface area (Å²) in [7, 11) is 0. The number of rotatable bonds is 5. The highest BCUT2D eigenvalue weighted by Gasteiger charge is 2.35. The van der Waals surface area contributed by atoms with Crippen LogP contribution in [0.3, 0.4) is 0 Å². The molecule has 2 atom stereocenters. The fraction of sp³-hybridized carbons (Fsp3) is 0.818. The Bertz CT molecular complexity index is 283. The molecule has 6 nitrogen and oxygen atoms in total. The molecule has 0 aromatic heterocycles. The van der Waals surface area contributed by atoms with Gasteiger partial charge in [-0.25, -0.2) is 5.84 Å². The highest BCUT2D eigenvalue weighted by atomic mass is 16.2. The van der Waals surface area contributed by atoms with E-state index in [1.165, 1.54) is 0 Å². The molecule has 0 bridgehead atoms. The summed E-state index contributed by atoms with van der Waals surface area (Å²) in [5.74, 6) is 5.00. The SMILES string of the molecule is CCCC(C(=O)NN)N1CCNC(=O)C1CC. The van der Waals surface area contributed by atoms with Crippen molar-refractivity contribution in [1.82, 2.24) is 15.6 Å². The van der Waals surface area contributed by atoms with Crippen LogP contribution in [0.5, 0.6) is 0 Å². The van der Waals surface area contributed by atoms with Gasteiger partial charge in [-0.15, -0.1) is 0 Å². The summed E-state index contributed by atoms with van der Waals surface area (Å²) in [6.07, 6.45) is 2.29. The number of carbonyl (C=O) groups is 2. The van der Waals surface area contributed by atoms with Gasteiger partial charge in [-0.3, -0.25) is 19.9 Å². The summed E-state index contributed by atoms with van der Waals surface area (Å²) < 4.78 is 0. The Morgan fingerprint density at radius 1 is 1.65 bits per heavy atom. The van der Waals surface area contributed by atoms with Crippen molar-refractivity contribution in [1.29, 1.82) is 0 Å². The third-order valence-electron chi connectivity index (χ3n) is 3.17. The lowest BCUT2D eigenvalue weighted by molar-refractivity contribution is -0.135. The van der Waals surface area contributed by atoms with E-state index in [0.29, 0.717) is 25.9 Å². The number of nitrogens with one attached hydrogen (secondary N) is 2. The van der Waals surface area contributed by atoms with E-state index in [-0.39, 0.29) is 23.9 Å². The lowest BCUT2D eigenvalue weighted by Crippen LogP contribution is -2.61. The minimum atomic E-state index is -0.305. The molecule has 0 saturated carbocycles. The second kappa shape index (κ2) is 6.56. The fourth-order valence-electron chi connectivity index (χ4n) is 2.34. The van der Waals surface area contributed by atoms with Gasteiger partial charge in [0.25, 0.3) is 5.91 Å². The summed E-state index contributed by atoms with van der Waals surface area (Å²) in [5, 5.41) is 2.82. The molecule has 0 aliphatic carbocycles. The van der Waals surface area contributed by atoms with Gasteiger partial charge in [-0.2, -0.15) is 0 Å². The van der Waals surface area contributed by atoms with Gasteiger partial charge in [0.05, 0.1) is 12.1 Å². The van der Waals surface area contributed by atoms with Gasteiger partial charge >= 0.3 is 0 Å². The number of carbonyl (C=O) groups excluding carboxylic acids is 2. The van der Waals surface area contributed by atoms with E-state index in [9.17, 15) is 9.59 Å². The zero-order valence-electron chi connectivity index (χ0n) is 10.5. The maximum absolute atomic E-state index is 11.8. The van der Waals surface area contributed by atoms with Crippen LogP contribution < -0.4 is 16.6 Å². The first kappa shape index (κ1) is 13.9. The average molecular weight is 242 g/mol. The topological polar surface area (TPSA) is 87.5 Å². The van der Waals surface area contributed by atoms with Crippen molar-refractivity contribution in [2.45, 2.75) is 45.2 Å². The second-order valence-electron chi connectivity index (χ2n) is 4.27. The molecule has 17 heavy (non-hydrogen) atoms. The molecule has 2 unspecified atom stereocenters. The molecular weight excluding hydrogens is 220 g/mol. The molecule has 1 aliphatic heterocycles. The van der Waals surface area contributed by atoms with E-state index >= 15 is 0 Å². The van der Waals surface area contributed by atoms with Crippen LogP contribution in [0.4, 0.5) is 0 Å². The minimum Gasteiger partial charge on any atom is -0.353 e. The molecule has 1 heterocycles. The lowest BCUT2D eigenvalue weighted by Gasteiger charge is -2.39. The van der Waals surface area contributed by atoms with Crippen molar-refractivity contribution in [2.75, 3.05) is 13.1 Å². The van der Waals surface area contributed by atoms with Gasteiger partial charge in [0.2, 0.25) is 5.91 Å². The van der Waals surface area contributed by atoms with Crippen molar-refractivity contribution in [3.8, 4) is 0 Å². The molecule has 6 heteroatoms. The zero-order valence-corrected chi connectivity index (χ0v) is 10.5. The Kier molecular flexibility index (Phi) is 5.37. The van der Waals surface area contributed by atoms with E-state index in [2.05, 4.69) is 10.7 Å². The summed E-state index contributed by atoms with van der Waals surface area (Å²) >= 11 is 0. The second-order valence-corrected chi connectivity index (χ2v) is 4.27. The predicted octanol–water partition coefficient (Wildman–Crippen LogP) is -0.645. The molecule has 4 N–H and O–H groups in total. The van der Waals surface area contributed by atoms with Crippen LogP contribution >= 0.6 is 0 Å². The van der Waals surface area contributed by atoms with Gasteiger partial charge in [-0.05, 0) is 12.8 Å². The third kappa shape index (κ3) is 3.17. The molecule has 1 rings (SSSR count). The molecule has 0 aromatic rings. The summed E-state index contributed by atoms with van der Waals surface area (Å²) in [6, 6.07) is -0.529. The summed E-state index contributed by atoms with van der Waals surface area (Å²) in [5.41, 5.74) is 2.19. The highest BCUT2D eigenvalue weighted by Crippen LogP contribution is 2.16. The van der Waals surface area contributed by atoms with Gasteiger partial charge in [0.1, 0.15) is 0 Å². The number of amides is 2. The molecular formula is C11H22N4O2. The van der Waals surface area contributed by atoms with Gasteiger partial charge in [-0.1, -0.05) is 20.3 Å². The summed E-state index contributed by atoms with van der Waals surface area (Å²) in [6.45, 7) is 5.25. The predicted molar refractivity (Wildman–Crippen MR) is 64.8 cm³/mol. The van der Waals surface area contributed by atoms with E-state index in [4.69, 9.17) is 5.84 Å². The number of nitrogens with zero attached hydrogens (tertiary/aromatic N) is 1. The largest absolute Gasteiger partial charge is 0.353 e. The molecule has 0 radical (unpaired) electrons. The van der Waals surface area contributed by atoms with Crippen LogP contribution in [-0.4, -0.2) is 41.9 Å². The zero-order chi connectivity index (χ0) is 12.8. The lowest BCUT2D eigenvalue weighted by atomic mass is 10.0. The van der Waals surface area contributed by atoms with Crippen LogP contribution in [0, 0.1) is 0 Å². The first-order valence-corrected chi connectivity index (χ1v) is 6.19. The minimum absolute atomic E-state index is 0.00433. The number of hydrogen-bond acceptors (Lipinski definition) is 4. The van der Waals surface area contributed by atoms with E-state index < -0.39 is 0 Å². The maximum atomic E-state index is 11.8. The van der Waals surface area contributed by atoms with Crippen molar-refractivity contribution in [2.24, 2.45) is 5.84 Å². The number of hydrogen-bond donors (Lipinski definition) is 3. The van der Waals surface area contributed by atoms with Crippen molar-refractivity contribution >= 4 is 11.8 Å². The molecule has 1 fully saturated rings. The highest BCUT2D eigenvalue weighted by molar-refractivity contribution is 5.85. The Labute approximate surface area is 102 Å². The first-order chi connectivity index (χ1) is 8.15. The van der Waals surface area contributed by atoms with Crippen molar-refractivity contribution in [3.63, 3.8) is 0 Å². The van der Waals surface area contributed by atoms with Gasteiger partial charge in [0, 0.05) is 13.1 Å². The number of hydrazine groups is 1. The molecule has 2 amide bonds. The van der Waals surface area contributed by atoms with Gasteiger partial charge in [0.15, 0.2) is 0 Å². The summed E-state index contributed by atoms with van der Waals surface area (Å²) in [4.78, 5) is 25.5. The Morgan fingerprint density at radius 2 is 2.35 bits per heavy atom. The van der Waals surface area contributed by atoms with Crippen molar-refractivity contribution < 1.29 is 9.59 Å². The van der Waals surface area contributed by atoms with E-state index in [1.807, 2.05) is 18.7 Å². The van der Waals surface area contributed by atoms with Crippen LogP contribution in [0.15, 0.2) is 0 Å². The van der Waals surface area contributed by atoms with Crippen LogP contribution in [-0.2, 0) is 9.59 Å². The molecule has 0 aromatic carbocycles. The quantitative estimate of drug-likeness (QED) is 0.340. The standard InChI is InChI=1S/C11H22N4O2/c1-3-5-9(11(17)14-12)15-7-6-13-10(16)8(15)4-2/h8-9H,3-7,12H2,1-2H3,(H,13,16)(H,14,17). The van der Waals surface area contributed by atoms with E-state index in [0.717, 1.165) is 6.42 Å². The van der Waals surface area contributed by atoms with Crippen LogP contribution in [0.25, 0.3) is 0 Å². The van der Waals surface area contributed by atoms with Crippen LogP contribution in [0.1, 0.15) is 33.1 Å². The Balaban J connectivity index is 2.83. The monoisotopic (exact) mass is 242 g/mol. The first-order valence-electron chi connectivity index (χ1n) is 6.19. The maximum Gasteiger partial charge on any atom is 0.251 e. The molecule has 1 aliphatic rings. The number of nitrogens with two attached hydrogens (primary N) is 1. The van der Waals surface area contributed by atoms with Crippen LogP contribution in [0.2, 0.25) is 0 Å². The Morgan fingerprint density at radius 3 is 2.88 bits per heavy atom. The van der Waals surface area contributed by atoms with Gasteiger partial charge < -0.3 is 5.32 Å². The third-order valence-corrected chi connectivity index (χ3v) is 3.17. The van der Waals surface area contributed by atoms with E-state index in [1.54, 1.807) is 0 Å². The Hall–Kier alpha value is -1.14.